The number of nitrogens with zero attached hydrogens (tertiary/aromatic N) is 1. The summed E-state index contributed by atoms with van der Waals surface area (Å²) in [4.78, 5) is 26.7. The number of hydrogen-bond donors (Lipinski definition) is 2. The molecule has 6 heteroatoms. The van der Waals surface area contributed by atoms with E-state index in [0.29, 0.717) is 24.2 Å². The van der Waals surface area contributed by atoms with E-state index >= 15 is 0 Å². The van der Waals surface area contributed by atoms with Crippen LogP contribution in [0.25, 0.3) is 11.1 Å². The van der Waals surface area contributed by atoms with Crippen LogP contribution in [0.4, 0.5) is 0 Å². The third kappa shape index (κ3) is 6.98. The van der Waals surface area contributed by atoms with Crippen LogP contribution >= 0.6 is 0 Å². The van der Waals surface area contributed by atoms with Gasteiger partial charge >= 0.3 is 0 Å². The van der Waals surface area contributed by atoms with Crippen molar-refractivity contribution < 1.29 is 19.5 Å². The fourth-order valence-electron chi connectivity index (χ4n) is 4.74. The van der Waals surface area contributed by atoms with Gasteiger partial charge in [0.2, 0.25) is 0 Å². The van der Waals surface area contributed by atoms with Crippen LogP contribution in [0.2, 0.25) is 0 Å². The molecule has 1 heterocycles. The van der Waals surface area contributed by atoms with Gasteiger partial charge in [-0.3, -0.25) is 14.8 Å². The molecule has 0 atom stereocenters. The molecule has 0 saturated carbocycles. The van der Waals surface area contributed by atoms with Crippen LogP contribution in [0.15, 0.2) is 66.7 Å². The van der Waals surface area contributed by atoms with Gasteiger partial charge in [0.1, 0.15) is 5.75 Å². The molecule has 0 aromatic heterocycles. The highest BCUT2D eigenvalue weighted by Crippen LogP contribution is 2.25. The van der Waals surface area contributed by atoms with E-state index in [2.05, 4.69) is 19.1 Å². The molecule has 2 N–H and O–H groups in total. The van der Waals surface area contributed by atoms with Gasteiger partial charge in [0, 0.05) is 24.2 Å². The molecule has 4 rings (SSSR count). The molecule has 6 nitrogen and oxygen atoms in total. The summed E-state index contributed by atoms with van der Waals surface area (Å²) < 4.78 is 5.89. The zero-order chi connectivity index (χ0) is 26.0. The van der Waals surface area contributed by atoms with Crippen LogP contribution in [0, 0.1) is 0 Å². The Balaban J connectivity index is 1.31. The normalized spacial score (nSPS) is 12.6. The number of ether oxygens (including phenoxy) is 1. The fourth-order valence-corrected chi connectivity index (χ4v) is 4.74. The Bertz CT molecular complexity index is 1190. The zero-order valence-corrected chi connectivity index (χ0v) is 21.5. The molecular weight excluding hydrogens is 464 g/mol. The first kappa shape index (κ1) is 26.4. The van der Waals surface area contributed by atoms with E-state index in [4.69, 9.17) is 9.94 Å². The van der Waals surface area contributed by atoms with E-state index in [-0.39, 0.29) is 5.91 Å². The van der Waals surface area contributed by atoms with Gasteiger partial charge in [-0.2, -0.15) is 0 Å². The fraction of sp³-hybridized carbons (Fsp3) is 0.355. The molecule has 0 unspecified atom stereocenters. The van der Waals surface area contributed by atoms with Crippen LogP contribution in [0.1, 0.15) is 77.3 Å². The van der Waals surface area contributed by atoms with Gasteiger partial charge in [-0.25, -0.2) is 5.48 Å². The summed E-state index contributed by atoms with van der Waals surface area (Å²) in [7, 11) is 0. The molecule has 2 amide bonds. The summed E-state index contributed by atoms with van der Waals surface area (Å²) in [5, 5.41) is 8.90. The third-order valence-corrected chi connectivity index (χ3v) is 6.96. The molecule has 0 fully saturated rings. The minimum Gasteiger partial charge on any atom is -0.494 e. The van der Waals surface area contributed by atoms with Gasteiger partial charge in [0.25, 0.3) is 11.8 Å². The van der Waals surface area contributed by atoms with Gasteiger partial charge in [-0.15, -0.1) is 0 Å². The predicted octanol–water partition coefficient (Wildman–Crippen LogP) is 6.41. The second-order valence-electron chi connectivity index (χ2n) is 9.62. The Labute approximate surface area is 219 Å². The van der Waals surface area contributed by atoms with Gasteiger partial charge in [0.05, 0.1) is 6.61 Å². The van der Waals surface area contributed by atoms with Crippen LogP contribution < -0.4 is 10.2 Å². The van der Waals surface area contributed by atoms with Gasteiger partial charge in [-0.05, 0) is 71.5 Å². The van der Waals surface area contributed by atoms with E-state index in [1.807, 2.05) is 42.5 Å². The van der Waals surface area contributed by atoms with Crippen LogP contribution in [-0.2, 0) is 13.0 Å². The lowest BCUT2D eigenvalue weighted by atomic mass is 9.96. The van der Waals surface area contributed by atoms with Crippen molar-refractivity contribution >= 4 is 11.8 Å². The molecule has 1 aliphatic heterocycles. The first-order valence-corrected chi connectivity index (χ1v) is 13.3. The largest absolute Gasteiger partial charge is 0.494 e. The Morgan fingerprint density at radius 2 is 1.49 bits per heavy atom. The molecule has 0 spiro atoms. The monoisotopic (exact) mass is 500 g/mol. The summed E-state index contributed by atoms with van der Waals surface area (Å²) in [5.41, 5.74) is 6.84. The molecule has 194 valence electrons. The standard InChI is InChI=1S/C31H36N2O4/c1-2-3-4-5-6-7-20-37-29-16-14-24(15-17-29)23-8-11-26(12-9-23)31(35)33-19-18-25-10-13-27(30(34)32-36)21-28(25)22-33/h8-17,21,36H,2-7,18-20,22H2,1H3,(H,32,34). The van der Waals surface area contributed by atoms with Crippen molar-refractivity contribution in [1.82, 2.24) is 10.4 Å². The molecule has 3 aromatic carbocycles. The summed E-state index contributed by atoms with van der Waals surface area (Å²) in [6, 6.07) is 21.1. The van der Waals surface area contributed by atoms with Crippen LogP contribution in [0.3, 0.4) is 0 Å². The van der Waals surface area contributed by atoms with E-state index in [0.717, 1.165) is 47.5 Å². The quantitative estimate of drug-likeness (QED) is 0.181. The number of hydrogen-bond acceptors (Lipinski definition) is 4. The van der Waals surface area contributed by atoms with Crippen LogP contribution in [-0.4, -0.2) is 35.1 Å². The summed E-state index contributed by atoms with van der Waals surface area (Å²) in [6.45, 7) is 4.04. The highest BCUT2D eigenvalue weighted by molar-refractivity contribution is 5.95. The highest BCUT2D eigenvalue weighted by atomic mass is 16.5. The number of hydroxylamine groups is 1. The number of amides is 2. The number of unbranched alkanes of at least 4 members (excludes halogenated alkanes) is 5. The maximum atomic E-state index is 13.2. The highest BCUT2D eigenvalue weighted by Gasteiger charge is 2.22. The van der Waals surface area contributed by atoms with Crippen LogP contribution in [0.5, 0.6) is 5.75 Å². The topological polar surface area (TPSA) is 78.9 Å². The number of fused-ring (bicyclic) bond motifs is 1. The Morgan fingerprint density at radius 1 is 0.838 bits per heavy atom. The molecule has 0 radical (unpaired) electrons. The number of benzene rings is 3. The van der Waals surface area contributed by atoms with Gasteiger partial charge in [0.15, 0.2) is 0 Å². The van der Waals surface area contributed by atoms with Crippen molar-refractivity contribution in [2.24, 2.45) is 0 Å². The van der Waals surface area contributed by atoms with Crippen molar-refractivity contribution in [1.29, 1.82) is 0 Å². The lowest BCUT2D eigenvalue weighted by Crippen LogP contribution is -2.36. The number of nitrogens with one attached hydrogen (secondary N) is 1. The SMILES string of the molecule is CCCCCCCCOc1ccc(-c2ccc(C(=O)N3CCc4ccc(C(=O)NO)cc4C3)cc2)cc1. The third-order valence-electron chi connectivity index (χ3n) is 6.96. The van der Waals surface area contributed by atoms with Crippen molar-refractivity contribution in [2.75, 3.05) is 13.2 Å². The maximum absolute atomic E-state index is 13.2. The molecule has 0 bridgehead atoms. The Hall–Kier alpha value is -3.64. The number of carbonyl (C=O) groups excluding carboxylic acids is 2. The van der Waals surface area contributed by atoms with Crippen molar-refractivity contribution in [3.05, 3.63) is 89.0 Å². The Morgan fingerprint density at radius 3 is 2.19 bits per heavy atom. The summed E-state index contributed by atoms with van der Waals surface area (Å²) in [5.74, 6) is 0.293. The lowest BCUT2D eigenvalue weighted by Gasteiger charge is -2.29. The molecule has 3 aromatic rings. The van der Waals surface area contributed by atoms with Crippen molar-refractivity contribution in [3.8, 4) is 16.9 Å². The zero-order valence-electron chi connectivity index (χ0n) is 21.5. The van der Waals surface area contributed by atoms with Crippen molar-refractivity contribution in [3.63, 3.8) is 0 Å². The van der Waals surface area contributed by atoms with E-state index in [1.54, 1.807) is 22.5 Å². The first-order valence-electron chi connectivity index (χ1n) is 13.3. The summed E-state index contributed by atoms with van der Waals surface area (Å²) in [6.07, 6.45) is 8.21. The molecular formula is C31H36N2O4. The molecule has 0 aliphatic carbocycles. The summed E-state index contributed by atoms with van der Waals surface area (Å²) >= 11 is 0. The van der Waals surface area contributed by atoms with Gasteiger partial charge < -0.3 is 9.64 Å². The van der Waals surface area contributed by atoms with E-state index < -0.39 is 5.91 Å². The smallest absolute Gasteiger partial charge is 0.274 e. The van der Waals surface area contributed by atoms with E-state index in [9.17, 15) is 9.59 Å². The Kier molecular flexibility index (Phi) is 9.33. The maximum Gasteiger partial charge on any atom is 0.274 e. The lowest BCUT2D eigenvalue weighted by molar-refractivity contribution is 0.0706. The second kappa shape index (κ2) is 13.1. The minimum absolute atomic E-state index is 0.0346. The number of rotatable bonds is 11. The minimum atomic E-state index is -0.556. The first-order chi connectivity index (χ1) is 18.1. The van der Waals surface area contributed by atoms with Gasteiger partial charge in [-0.1, -0.05) is 69.4 Å². The number of carbonyl (C=O) groups is 2. The second-order valence-corrected chi connectivity index (χ2v) is 9.62. The average Bonchev–Trinajstić information content (AvgIpc) is 2.95. The molecule has 37 heavy (non-hydrogen) atoms. The van der Waals surface area contributed by atoms with Crippen molar-refractivity contribution in [2.45, 2.75) is 58.4 Å². The van der Waals surface area contributed by atoms with E-state index in [1.165, 1.54) is 32.1 Å². The molecule has 1 aliphatic rings. The predicted molar refractivity (Wildman–Crippen MR) is 145 cm³/mol. The average molecular weight is 501 g/mol. The molecule has 0 saturated heterocycles.